The van der Waals surface area contributed by atoms with Gasteiger partial charge < -0.3 is 25.2 Å². The number of hydrogen-bond donors (Lipinski definition) is 2. The normalized spacial score (nSPS) is 18.9. The number of nitrogens with one attached hydrogen (secondary N) is 2. The first kappa shape index (κ1) is 26.9. The van der Waals surface area contributed by atoms with Crippen LogP contribution in [0.25, 0.3) is 0 Å². The number of carbonyl (C=O) groups is 2. The van der Waals surface area contributed by atoms with Crippen molar-refractivity contribution in [1.82, 2.24) is 25.1 Å². The third-order valence-electron chi connectivity index (χ3n) is 5.80. The fourth-order valence-corrected chi connectivity index (χ4v) is 4.90. The number of rotatable bonds is 6. The first-order valence-corrected chi connectivity index (χ1v) is 12.5. The van der Waals surface area contributed by atoms with Gasteiger partial charge in [-0.15, -0.1) is 11.3 Å². The highest BCUT2D eigenvalue weighted by Crippen LogP contribution is 2.35. The molecule has 9 nitrogen and oxygen atoms in total. The molecule has 37 heavy (non-hydrogen) atoms. The van der Waals surface area contributed by atoms with Crippen LogP contribution in [0.3, 0.4) is 0 Å². The molecular weight excluding hydrogens is 533 g/mol. The Morgan fingerprint density at radius 2 is 1.97 bits per heavy atom. The van der Waals surface area contributed by atoms with E-state index in [-0.39, 0.29) is 16.6 Å². The van der Waals surface area contributed by atoms with E-state index < -0.39 is 34.8 Å². The van der Waals surface area contributed by atoms with Crippen molar-refractivity contribution >= 4 is 40.6 Å². The first-order valence-electron chi connectivity index (χ1n) is 11.3. The highest BCUT2D eigenvalue weighted by atomic mass is 35.5. The smallest absolute Gasteiger partial charge is 0.378 e. The van der Waals surface area contributed by atoms with Crippen molar-refractivity contribution in [1.29, 1.82) is 0 Å². The lowest BCUT2D eigenvalue weighted by molar-refractivity contribution is -0.137. The molecule has 2 aromatic rings. The maximum absolute atomic E-state index is 13.1. The molecule has 198 valence electrons. The minimum Gasteiger partial charge on any atom is -0.378 e. The topological polar surface area (TPSA) is 99.7 Å². The van der Waals surface area contributed by atoms with E-state index in [1.807, 2.05) is 24.1 Å². The second-order valence-corrected chi connectivity index (χ2v) is 9.83. The van der Waals surface area contributed by atoms with Crippen molar-refractivity contribution in [3.8, 4) is 0 Å². The molecule has 0 bridgehead atoms. The summed E-state index contributed by atoms with van der Waals surface area (Å²) in [7, 11) is 1.85. The zero-order valence-corrected chi connectivity index (χ0v) is 21.5. The number of allylic oxidation sites excluding steroid dienone is 2. The number of likely N-dealkylation sites (N-methyl/N-ethyl adjacent to an activating group) is 1. The maximum atomic E-state index is 13.1. The summed E-state index contributed by atoms with van der Waals surface area (Å²) in [5.41, 5.74) is -1.10. The summed E-state index contributed by atoms with van der Waals surface area (Å²) < 4.78 is 44.6. The van der Waals surface area contributed by atoms with Gasteiger partial charge >= 0.3 is 6.18 Å². The molecule has 14 heteroatoms. The third kappa shape index (κ3) is 6.22. The van der Waals surface area contributed by atoms with Gasteiger partial charge in [0.05, 0.1) is 36.0 Å². The Hall–Kier alpha value is -3.16. The minimum atomic E-state index is -4.69. The van der Waals surface area contributed by atoms with Crippen LogP contribution in [-0.4, -0.2) is 71.0 Å². The summed E-state index contributed by atoms with van der Waals surface area (Å²) in [5, 5.41) is 5.13. The Balaban J connectivity index is 1.38. The lowest BCUT2D eigenvalue weighted by Gasteiger charge is -2.40. The van der Waals surface area contributed by atoms with Crippen LogP contribution < -0.4 is 10.6 Å². The molecule has 2 atom stereocenters. The maximum Gasteiger partial charge on any atom is 0.418 e. The van der Waals surface area contributed by atoms with E-state index in [0.29, 0.717) is 24.3 Å². The largest absolute Gasteiger partial charge is 0.418 e. The van der Waals surface area contributed by atoms with Gasteiger partial charge in [0.1, 0.15) is 27.6 Å². The molecule has 2 amide bonds. The SMILES string of the molecule is CC(NC(=O)C1C=CC=C(N2CCOCC2)N1C)c1ncc(C(=O)Nc2cc(C(F)(F)F)c(Cl)cn2)s1. The molecule has 1 fully saturated rings. The second-order valence-electron chi connectivity index (χ2n) is 8.36. The average Bonchev–Trinajstić information content (AvgIpc) is 3.36. The fourth-order valence-electron chi connectivity index (χ4n) is 3.88. The zero-order valence-electron chi connectivity index (χ0n) is 19.9. The van der Waals surface area contributed by atoms with E-state index >= 15 is 0 Å². The van der Waals surface area contributed by atoms with E-state index in [1.165, 1.54) is 6.20 Å². The fraction of sp³-hybridized carbons (Fsp3) is 0.391. The molecule has 0 spiro atoms. The van der Waals surface area contributed by atoms with Crippen LogP contribution >= 0.6 is 22.9 Å². The van der Waals surface area contributed by atoms with Gasteiger partial charge in [-0.2, -0.15) is 13.2 Å². The van der Waals surface area contributed by atoms with Crippen molar-refractivity contribution in [3.05, 3.63) is 63.0 Å². The monoisotopic (exact) mass is 556 g/mol. The third-order valence-corrected chi connectivity index (χ3v) is 7.28. The predicted octanol–water partition coefficient (Wildman–Crippen LogP) is 3.68. The molecule has 0 saturated carbocycles. The molecule has 4 heterocycles. The molecule has 2 aliphatic rings. The number of alkyl halides is 3. The van der Waals surface area contributed by atoms with Gasteiger partial charge in [-0.05, 0) is 19.1 Å². The van der Waals surface area contributed by atoms with Crippen molar-refractivity contribution in [2.75, 3.05) is 38.7 Å². The van der Waals surface area contributed by atoms with Crippen LogP contribution in [0.5, 0.6) is 0 Å². The summed E-state index contributed by atoms with van der Waals surface area (Å²) in [6, 6.07) is -0.380. The van der Waals surface area contributed by atoms with E-state index in [0.717, 1.165) is 36.4 Å². The zero-order chi connectivity index (χ0) is 26.7. The lowest BCUT2D eigenvalue weighted by atomic mass is 10.1. The highest BCUT2D eigenvalue weighted by Gasteiger charge is 2.34. The first-order chi connectivity index (χ1) is 17.5. The summed E-state index contributed by atoms with van der Waals surface area (Å²) in [6.07, 6.45) is 3.03. The number of hydrogen-bond acceptors (Lipinski definition) is 8. The van der Waals surface area contributed by atoms with Gasteiger partial charge in [0.15, 0.2) is 0 Å². The Morgan fingerprint density at radius 1 is 1.24 bits per heavy atom. The summed E-state index contributed by atoms with van der Waals surface area (Å²) in [5.74, 6) is -0.289. The number of nitrogens with zero attached hydrogens (tertiary/aromatic N) is 4. The number of morpholine rings is 1. The van der Waals surface area contributed by atoms with E-state index in [1.54, 1.807) is 13.0 Å². The van der Waals surface area contributed by atoms with Gasteiger partial charge in [-0.1, -0.05) is 23.8 Å². The number of pyridine rings is 1. The molecular formula is C23H24ClF3N6O3S. The van der Waals surface area contributed by atoms with Crippen molar-refractivity contribution in [2.24, 2.45) is 0 Å². The van der Waals surface area contributed by atoms with E-state index in [4.69, 9.17) is 16.3 Å². The van der Waals surface area contributed by atoms with Crippen LogP contribution in [-0.2, 0) is 15.7 Å². The van der Waals surface area contributed by atoms with Crippen LogP contribution in [0.4, 0.5) is 19.0 Å². The van der Waals surface area contributed by atoms with Gasteiger partial charge in [0, 0.05) is 26.3 Å². The Morgan fingerprint density at radius 3 is 2.68 bits per heavy atom. The summed E-state index contributed by atoms with van der Waals surface area (Å²) >= 11 is 6.59. The molecule has 4 rings (SSSR count). The van der Waals surface area contributed by atoms with E-state index in [9.17, 15) is 22.8 Å². The lowest BCUT2D eigenvalue weighted by Crippen LogP contribution is -2.50. The molecule has 0 aromatic carbocycles. The molecule has 2 unspecified atom stereocenters. The molecule has 0 radical (unpaired) electrons. The number of thiazole rings is 1. The predicted molar refractivity (Wildman–Crippen MR) is 132 cm³/mol. The number of halogens is 4. The second kappa shape index (κ2) is 11.1. The summed E-state index contributed by atoms with van der Waals surface area (Å²) in [6.45, 7) is 4.46. The number of aromatic nitrogens is 2. The number of amides is 2. The van der Waals surface area contributed by atoms with Gasteiger partial charge in [-0.25, -0.2) is 9.97 Å². The Kier molecular flexibility index (Phi) is 8.05. The quantitative estimate of drug-likeness (QED) is 0.560. The van der Waals surface area contributed by atoms with Gasteiger partial charge in [0.2, 0.25) is 5.91 Å². The molecule has 0 aliphatic carbocycles. The number of ether oxygens (including phenoxy) is 1. The van der Waals surface area contributed by atoms with Crippen LogP contribution in [0, 0.1) is 0 Å². The number of carbonyl (C=O) groups excluding carboxylic acids is 2. The molecule has 1 saturated heterocycles. The van der Waals surface area contributed by atoms with Crippen molar-refractivity contribution < 1.29 is 27.5 Å². The Bertz CT molecular complexity index is 1230. The van der Waals surface area contributed by atoms with Crippen molar-refractivity contribution in [3.63, 3.8) is 0 Å². The number of anilines is 1. The molecule has 2 aliphatic heterocycles. The van der Waals surface area contributed by atoms with Gasteiger partial charge in [0.25, 0.3) is 5.91 Å². The van der Waals surface area contributed by atoms with Gasteiger partial charge in [-0.3, -0.25) is 9.59 Å². The van der Waals surface area contributed by atoms with Crippen molar-refractivity contribution in [2.45, 2.75) is 25.2 Å². The molecule has 2 aromatic heterocycles. The Labute approximate surface area is 220 Å². The van der Waals surface area contributed by atoms with Crippen LogP contribution in [0.15, 0.2) is 42.5 Å². The average molecular weight is 557 g/mol. The highest BCUT2D eigenvalue weighted by molar-refractivity contribution is 7.13. The molecule has 2 N–H and O–H groups in total. The summed E-state index contributed by atoms with van der Waals surface area (Å²) in [4.78, 5) is 37.8. The van der Waals surface area contributed by atoms with E-state index in [2.05, 4.69) is 25.5 Å². The minimum absolute atomic E-state index is 0.147. The van der Waals surface area contributed by atoms with Crippen LogP contribution in [0.2, 0.25) is 5.02 Å². The standard InChI is InChI=1S/C23H24ClF3N6O3S/c1-13(30-20(34)16-4-3-5-19(32(16)2)33-6-8-36-9-7-33)22-29-12-17(37-22)21(35)31-18-10-14(23(25,26)27)15(24)11-28-18/h3-5,10-13,16H,6-9H2,1-2H3,(H,30,34)(H,28,31,35). The van der Waals surface area contributed by atoms with Crippen LogP contribution in [0.1, 0.15) is 33.2 Å².